The Balaban J connectivity index is 2.01. The molecule has 2 fully saturated rings. The molecule has 0 amide bonds. The molecule has 2 nitrogen and oxygen atoms in total. The molecule has 12 heavy (non-hydrogen) atoms. The molecule has 68 valence electrons. The lowest BCUT2D eigenvalue weighted by molar-refractivity contribution is -0.151. The van der Waals surface area contributed by atoms with Crippen LogP contribution in [-0.4, -0.2) is 12.1 Å². The van der Waals surface area contributed by atoms with Gasteiger partial charge in [0.15, 0.2) is 0 Å². The smallest absolute Gasteiger partial charge is 0.306 e. The molecule has 1 saturated carbocycles. The van der Waals surface area contributed by atoms with Gasteiger partial charge in [-0.2, -0.15) is 0 Å². The molecule has 0 aromatic heterocycles. The lowest BCUT2D eigenvalue weighted by Crippen LogP contribution is -2.27. The third kappa shape index (κ3) is 1.62. The number of rotatable bonds is 0. The molecule has 2 heteroatoms. The van der Waals surface area contributed by atoms with Crippen LogP contribution in [0.2, 0.25) is 0 Å². The second-order valence-electron chi connectivity index (χ2n) is 3.97. The van der Waals surface area contributed by atoms with Gasteiger partial charge in [-0.3, -0.25) is 4.79 Å². The van der Waals surface area contributed by atoms with Crippen molar-refractivity contribution in [1.82, 2.24) is 0 Å². The Kier molecular flexibility index (Phi) is 2.33. The molecule has 0 spiro atoms. The minimum atomic E-state index is 0.0319. The molecule has 2 aliphatic rings. The molecule has 0 aromatic rings. The van der Waals surface area contributed by atoms with Crippen LogP contribution in [0.15, 0.2) is 0 Å². The van der Waals surface area contributed by atoms with E-state index in [1.807, 2.05) is 0 Å². The maximum atomic E-state index is 11.1. The van der Waals surface area contributed by atoms with Crippen molar-refractivity contribution in [2.75, 3.05) is 0 Å². The molecule has 0 N–H and O–H groups in total. The summed E-state index contributed by atoms with van der Waals surface area (Å²) in [5.41, 5.74) is 0. The minimum absolute atomic E-state index is 0.0319. The second-order valence-corrected chi connectivity index (χ2v) is 3.97. The van der Waals surface area contributed by atoms with E-state index in [-0.39, 0.29) is 12.1 Å². The molecular weight excluding hydrogens is 152 g/mol. The van der Waals surface area contributed by atoms with E-state index >= 15 is 0 Å². The molecule has 2 unspecified atom stereocenters. The third-order valence-electron chi connectivity index (χ3n) is 3.08. The van der Waals surface area contributed by atoms with Gasteiger partial charge in [0.25, 0.3) is 0 Å². The van der Waals surface area contributed by atoms with Gasteiger partial charge in [-0.15, -0.1) is 0 Å². The average molecular weight is 168 g/mol. The van der Waals surface area contributed by atoms with Gasteiger partial charge in [0.2, 0.25) is 0 Å². The molecule has 0 bridgehead atoms. The van der Waals surface area contributed by atoms with Crippen LogP contribution in [0.25, 0.3) is 0 Å². The first-order valence-electron chi connectivity index (χ1n) is 5.06. The average Bonchev–Trinajstić information content (AvgIpc) is 2.25. The summed E-state index contributed by atoms with van der Waals surface area (Å²) in [5.74, 6) is 0.717. The Hall–Kier alpha value is -0.530. The van der Waals surface area contributed by atoms with E-state index in [2.05, 4.69) is 0 Å². The summed E-state index contributed by atoms with van der Waals surface area (Å²) >= 11 is 0. The monoisotopic (exact) mass is 168 g/mol. The van der Waals surface area contributed by atoms with E-state index in [9.17, 15) is 4.79 Å². The van der Waals surface area contributed by atoms with Crippen molar-refractivity contribution in [3.8, 4) is 0 Å². The van der Waals surface area contributed by atoms with Crippen LogP contribution >= 0.6 is 0 Å². The molecule has 1 heterocycles. The zero-order valence-corrected chi connectivity index (χ0v) is 7.42. The highest BCUT2D eigenvalue weighted by atomic mass is 16.5. The van der Waals surface area contributed by atoms with Crippen LogP contribution in [0.4, 0.5) is 0 Å². The SMILES string of the molecule is O=C1CCCC2CCCCC2O1. The van der Waals surface area contributed by atoms with Gasteiger partial charge in [0.1, 0.15) is 6.10 Å². The first-order chi connectivity index (χ1) is 5.86. The van der Waals surface area contributed by atoms with Gasteiger partial charge >= 0.3 is 5.97 Å². The van der Waals surface area contributed by atoms with Crippen LogP contribution in [-0.2, 0) is 9.53 Å². The van der Waals surface area contributed by atoms with Crippen molar-refractivity contribution in [3.63, 3.8) is 0 Å². The Labute approximate surface area is 73.3 Å². The van der Waals surface area contributed by atoms with E-state index < -0.39 is 0 Å². The van der Waals surface area contributed by atoms with E-state index in [0.717, 1.165) is 12.8 Å². The van der Waals surface area contributed by atoms with E-state index in [1.165, 1.54) is 25.7 Å². The van der Waals surface area contributed by atoms with Crippen molar-refractivity contribution in [2.45, 2.75) is 51.0 Å². The van der Waals surface area contributed by atoms with Crippen LogP contribution in [0.5, 0.6) is 0 Å². The highest BCUT2D eigenvalue weighted by molar-refractivity contribution is 5.69. The van der Waals surface area contributed by atoms with Crippen LogP contribution < -0.4 is 0 Å². The Morgan fingerprint density at radius 1 is 1.08 bits per heavy atom. The Morgan fingerprint density at radius 2 is 1.83 bits per heavy atom. The topological polar surface area (TPSA) is 26.3 Å². The molecular formula is C10H16O2. The zero-order chi connectivity index (χ0) is 8.39. The van der Waals surface area contributed by atoms with Gasteiger partial charge in [-0.1, -0.05) is 6.42 Å². The Bertz CT molecular complexity index is 177. The number of ether oxygens (including phenoxy) is 1. The third-order valence-corrected chi connectivity index (χ3v) is 3.08. The maximum Gasteiger partial charge on any atom is 0.306 e. The van der Waals surface area contributed by atoms with Gasteiger partial charge in [0.05, 0.1) is 0 Å². The number of fused-ring (bicyclic) bond motifs is 1. The standard InChI is InChI=1S/C10H16O2/c11-10-7-3-5-8-4-1-2-6-9(8)12-10/h8-9H,1-7H2. The predicted octanol–water partition coefficient (Wildman–Crippen LogP) is 2.27. The highest BCUT2D eigenvalue weighted by Gasteiger charge is 2.30. The summed E-state index contributed by atoms with van der Waals surface area (Å²) in [6.45, 7) is 0. The second kappa shape index (κ2) is 3.46. The molecule has 0 radical (unpaired) electrons. The van der Waals surface area contributed by atoms with Crippen molar-refractivity contribution in [2.24, 2.45) is 5.92 Å². The molecule has 1 saturated heterocycles. The van der Waals surface area contributed by atoms with Crippen molar-refractivity contribution >= 4 is 5.97 Å². The first-order valence-corrected chi connectivity index (χ1v) is 5.06. The van der Waals surface area contributed by atoms with E-state index in [4.69, 9.17) is 4.74 Å². The predicted molar refractivity (Wildman–Crippen MR) is 45.7 cm³/mol. The largest absolute Gasteiger partial charge is 0.462 e. The van der Waals surface area contributed by atoms with E-state index in [1.54, 1.807) is 0 Å². The highest BCUT2D eigenvalue weighted by Crippen LogP contribution is 2.32. The maximum absolute atomic E-state index is 11.1. The fourth-order valence-corrected chi connectivity index (χ4v) is 2.40. The molecule has 1 aliphatic heterocycles. The number of esters is 1. The molecule has 2 rings (SSSR count). The van der Waals surface area contributed by atoms with Crippen LogP contribution in [0.3, 0.4) is 0 Å². The summed E-state index contributed by atoms with van der Waals surface area (Å²) in [7, 11) is 0. The molecule has 1 aliphatic carbocycles. The summed E-state index contributed by atoms with van der Waals surface area (Å²) in [5, 5.41) is 0. The van der Waals surface area contributed by atoms with Gasteiger partial charge < -0.3 is 4.74 Å². The van der Waals surface area contributed by atoms with Gasteiger partial charge in [0, 0.05) is 6.42 Å². The number of hydrogen-bond donors (Lipinski definition) is 0. The summed E-state index contributed by atoms with van der Waals surface area (Å²) in [4.78, 5) is 11.1. The Morgan fingerprint density at radius 3 is 2.75 bits per heavy atom. The zero-order valence-electron chi connectivity index (χ0n) is 7.42. The normalized spacial score (nSPS) is 36.5. The minimum Gasteiger partial charge on any atom is -0.462 e. The fourth-order valence-electron chi connectivity index (χ4n) is 2.40. The van der Waals surface area contributed by atoms with Crippen molar-refractivity contribution in [3.05, 3.63) is 0 Å². The molecule has 0 aromatic carbocycles. The first kappa shape index (κ1) is 8.09. The summed E-state index contributed by atoms with van der Waals surface area (Å²) < 4.78 is 5.38. The van der Waals surface area contributed by atoms with Crippen molar-refractivity contribution < 1.29 is 9.53 Å². The van der Waals surface area contributed by atoms with Gasteiger partial charge in [-0.05, 0) is 38.0 Å². The van der Waals surface area contributed by atoms with Crippen molar-refractivity contribution in [1.29, 1.82) is 0 Å². The number of carbonyl (C=O) groups is 1. The lowest BCUT2D eigenvalue weighted by Gasteiger charge is -2.28. The quantitative estimate of drug-likeness (QED) is 0.519. The number of hydrogen-bond acceptors (Lipinski definition) is 2. The van der Waals surface area contributed by atoms with Gasteiger partial charge in [-0.25, -0.2) is 0 Å². The lowest BCUT2D eigenvalue weighted by atomic mass is 9.84. The molecule has 2 atom stereocenters. The van der Waals surface area contributed by atoms with E-state index in [0.29, 0.717) is 12.3 Å². The summed E-state index contributed by atoms with van der Waals surface area (Å²) in [6, 6.07) is 0. The number of carbonyl (C=O) groups excluding carboxylic acids is 1. The van der Waals surface area contributed by atoms with Crippen LogP contribution in [0, 0.1) is 5.92 Å². The summed E-state index contributed by atoms with van der Waals surface area (Å²) in [6.07, 6.45) is 8.12. The fraction of sp³-hybridized carbons (Fsp3) is 0.900. The van der Waals surface area contributed by atoms with Crippen LogP contribution in [0.1, 0.15) is 44.9 Å².